The maximum Gasteiger partial charge on any atom is 0.227 e. The number of benzene rings is 1. The van der Waals surface area contributed by atoms with Gasteiger partial charge in [-0.25, -0.2) is 9.37 Å². The molecule has 0 radical (unpaired) electrons. The first-order valence-corrected chi connectivity index (χ1v) is 7.94. The maximum absolute atomic E-state index is 13.2. The van der Waals surface area contributed by atoms with E-state index in [1.807, 2.05) is 0 Å². The van der Waals surface area contributed by atoms with Crippen LogP contribution in [-0.4, -0.2) is 10.9 Å². The summed E-state index contributed by atoms with van der Waals surface area (Å²) in [4.78, 5) is 16.5. The van der Waals surface area contributed by atoms with E-state index in [4.69, 9.17) is 5.14 Å². The number of aromatic nitrogens is 1. The first kappa shape index (κ1) is 15.0. The van der Waals surface area contributed by atoms with E-state index in [2.05, 4.69) is 10.3 Å². The Kier molecular flexibility index (Phi) is 4.40. The van der Waals surface area contributed by atoms with Gasteiger partial charge in [0.05, 0.1) is 0 Å². The van der Waals surface area contributed by atoms with Crippen molar-refractivity contribution in [1.29, 1.82) is 0 Å². The summed E-state index contributed by atoms with van der Waals surface area (Å²) in [6.45, 7) is 0. The van der Waals surface area contributed by atoms with Crippen LogP contribution >= 0.6 is 11.9 Å². The van der Waals surface area contributed by atoms with Crippen molar-refractivity contribution >= 4 is 23.5 Å². The molecule has 3 rings (SSSR count). The first-order chi connectivity index (χ1) is 10.7. The molecule has 0 saturated heterocycles. The van der Waals surface area contributed by atoms with Gasteiger partial charge in [-0.3, -0.25) is 9.93 Å². The normalized spacial score (nSPS) is 16.9. The highest BCUT2D eigenvalue weighted by molar-refractivity contribution is 7.97. The van der Waals surface area contributed by atoms with Crippen LogP contribution in [0.25, 0.3) is 0 Å². The van der Waals surface area contributed by atoms with Gasteiger partial charge < -0.3 is 5.32 Å². The predicted molar refractivity (Wildman–Crippen MR) is 84.8 cm³/mol. The molecule has 1 heterocycles. The first-order valence-electron chi connectivity index (χ1n) is 7.06. The van der Waals surface area contributed by atoms with E-state index in [1.54, 1.807) is 30.5 Å². The predicted octanol–water partition coefficient (Wildman–Crippen LogP) is 2.93. The molecule has 3 N–H and O–H groups in total. The molecule has 1 amide bonds. The van der Waals surface area contributed by atoms with Crippen LogP contribution in [-0.2, 0) is 17.6 Å². The molecule has 1 aliphatic carbocycles. The third kappa shape index (κ3) is 3.28. The molecule has 1 atom stereocenters. The third-order valence-electron chi connectivity index (χ3n) is 3.89. The Balaban J connectivity index is 1.69. The number of nitrogens with one attached hydrogen (secondary N) is 1. The molecule has 0 fully saturated rings. The Labute approximate surface area is 132 Å². The fraction of sp³-hybridized carbons (Fsp3) is 0.250. The fourth-order valence-corrected chi connectivity index (χ4v) is 3.06. The van der Waals surface area contributed by atoms with E-state index in [0.29, 0.717) is 17.1 Å². The molecule has 1 aliphatic rings. The molecule has 0 saturated carbocycles. The lowest BCUT2D eigenvalue weighted by Gasteiger charge is -2.24. The number of hydrogen-bond donors (Lipinski definition) is 2. The minimum absolute atomic E-state index is 0.0193. The standard InChI is InChI=1S/C16H16FN3OS/c17-13-4-3-10-7-12(2-1-11(10)8-13)16(21)20-14-5-6-19-15(9-14)22-18/h3-6,8-9,12H,1-2,7,18H2,(H,19,20,21). The van der Waals surface area contributed by atoms with E-state index in [9.17, 15) is 9.18 Å². The van der Waals surface area contributed by atoms with Crippen LogP contribution in [0, 0.1) is 11.7 Å². The van der Waals surface area contributed by atoms with Crippen molar-refractivity contribution in [2.45, 2.75) is 24.3 Å². The number of rotatable bonds is 3. The van der Waals surface area contributed by atoms with E-state index < -0.39 is 0 Å². The summed E-state index contributed by atoms with van der Waals surface area (Å²) >= 11 is 1.04. The molecule has 0 bridgehead atoms. The molecular weight excluding hydrogens is 301 g/mol. The van der Waals surface area contributed by atoms with Gasteiger partial charge in [0, 0.05) is 17.8 Å². The van der Waals surface area contributed by atoms with Gasteiger partial charge in [-0.2, -0.15) is 0 Å². The van der Waals surface area contributed by atoms with Crippen molar-refractivity contribution in [3.8, 4) is 0 Å². The molecule has 6 heteroatoms. The number of aryl methyl sites for hydroxylation is 1. The number of fused-ring (bicyclic) bond motifs is 1. The van der Waals surface area contributed by atoms with Crippen molar-refractivity contribution in [3.05, 3.63) is 53.5 Å². The van der Waals surface area contributed by atoms with Gasteiger partial charge in [-0.15, -0.1) is 0 Å². The van der Waals surface area contributed by atoms with Crippen LogP contribution in [0.5, 0.6) is 0 Å². The Morgan fingerprint density at radius 2 is 2.18 bits per heavy atom. The Morgan fingerprint density at radius 1 is 1.32 bits per heavy atom. The van der Waals surface area contributed by atoms with Crippen molar-refractivity contribution in [2.24, 2.45) is 11.1 Å². The van der Waals surface area contributed by atoms with E-state index in [0.717, 1.165) is 35.9 Å². The molecule has 1 aromatic heterocycles. The van der Waals surface area contributed by atoms with Crippen LogP contribution in [0.3, 0.4) is 0 Å². The second kappa shape index (κ2) is 6.46. The number of pyridine rings is 1. The van der Waals surface area contributed by atoms with Crippen LogP contribution < -0.4 is 10.5 Å². The molecular formula is C16H16FN3OS. The summed E-state index contributed by atoms with van der Waals surface area (Å²) in [5.74, 6) is -0.334. The Morgan fingerprint density at radius 3 is 3.00 bits per heavy atom. The van der Waals surface area contributed by atoms with Crippen molar-refractivity contribution in [2.75, 3.05) is 5.32 Å². The largest absolute Gasteiger partial charge is 0.326 e. The molecule has 1 unspecified atom stereocenters. The minimum atomic E-state index is -0.217. The summed E-state index contributed by atoms with van der Waals surface area (Å²) in [6.07, 6.45) is 3.71. The van der Waals surface area contributed by atoms with Gasteiger partial charge >= 0.3 is 0 Å². The number of nitrogens with two attached hydrogens (primary N) is 1. The highest BCUT2D eigenvalue weighted by Gasteiger charge is 2.25. The SMILES string of the molecule is NSc1cc(NC(=O)C2CCc3cc(F)ccc3C2)ccn1. The summed E-state index contributed by atoms with van der Waals surface area (Å²) in [5.41, 5.74) is 2.76. The lowest BCUT2D eigenvalue weighted by Crippen LogP contribution is -2.28. The van der Waals surface area contributed by atoms with E-state index >= 15 is 0 Å². The summed E-state index contributed by atoms with van der Waals surface area (Å²) in [6, 6.07) is 8.28. The molecule has 4 nitrogen and oxygen atoms in total. The van der Waals surface area contributed by atoms with Crippen molar-refractivity contribution in [1.82, 2.24) is 4.98 Å². The number of hydrogen-bond acceptors (Lipinski definition) is 4. The summed E-state index contributed by atoms with van der Waals surface area (Å²) in [7, 11) is 0. The van der Waals surface area contributed by atoms with E-state index in [1.165, 1.54) is 6.07 Å². The number of carbonyl (C=O) groups excluding carboxylic acids is 1. The molecule has 0 aliphatic heterocycles. The number of anilines is 1. The minimum Gasteiger partial charge on any atom is -0.326 e. The zero-order chi connectivity index (χ0) is 15.5. The summed E-state index contributed by atoms with van der Waals surface area (Å²) in [5, 5.41) is 9.03. The quantitative estimate of drug-likeness (QED) is 0.854. The van der Waals surface area contributed by atoms with Gasteiger partial charge in [0.2, 0.25) is 5.91 Å². The van der Waals surface area contributed by atoms with Gasteiger partial charge in [0.25, 0.3) is 0 Å². The number of nitrogens with zero attached hydrogens (tertiary/aromatic N) is 1. The molecule has 22 heavy (non-hydrogen) atoms. The average Bonchev–Trinajstić information content (AvgIpc) is 2.54. The monoisotopic (exact) mass is 317 g/mol. The Hall–Kier alpha value is -1.92. The van der Waals surface area contributed by atoms with Crippen LogP contribution in [0.2, 0.25) is 0 Å². The number of amides is 1. The zero-order valence-electron chi connectivity index (χ0n) is 11.9. The van der Waals surface area contributed by atoms with Crippen molar-refractivity contribution < 1.29 is 9.18 Å². The zero-order valence-corrected chi connectivity index (χ0v) is 12.7. The van der Waals surface area contributed by atoms with E-state index in [-0.39, 0.29) is 17.6 Å². The molecule has 0 spiro atoms. The van der Waals surface area contributed by atoms with Gasteiger partial charge in [-0.1, -0.05) is 6.07 Å². The maximum atomic E-state index is 13.2. The number of carbonyl (C=O) groups is 1. The second-order valence-corrected chi connectivity index (χ2v) is 6.00. The van der Waals surface area contributed by atoms with Crippen LogP contribution in [0.15, 0.2) is 41.6 Å². The van der Waals surface area contributed by atoms with Gasteiger partial charge in [0.15, 0.2) is 0 Å². The topological polar surface area (TPSA) is 68.0 Å². The summed E-state index contributed by atoms with van der Waals surface area (Å²) < 4.78 is 13.2. The van der Waals surface area contributed by atoms with Gasteiger partial charge in [-0.05, 0) is 66.6 Å². The fourth-order valence-electron chi connectivity index (χ4n) is 2.74. The second-order valence-electron chi connectivity index (χ2n) is 5.34. The average molecular weight is 317 g/mol. The smallest absolute Gasteiger partial charge is 0.227 e. The lowest BCUT2D eigenvalue weighted by atomic mass is 9.83. The highest BCUT2D eigenvalue weighted by atomic mass is 32.2. The van der Waals surface area contributed by atoms with Gasteiger partial charge in [0.1, 0.15) is 10.8 Å². The lowest BCUT2D eigenvalue weighted by molar-refractivity contribution is -0.120. The van der Waals surface area contributed by atoms with Crippen molar-refractivity contribution in [3.63, 3.8) is 0 Å². The molecule has 114 valence electrons. The van der Waals surface area contributed by atoms with Crippen LogP contribution in [0.1, 0.15) is 17.5 Å². The molecule has 1 aromatic carbocycles. The molecule has 2 aromatic rings. The number of halogens is 1. The Bertz CT molecular complexity index is 708. The van der Waals surface area contributed by atoms with Crippen LogP contribution in [0.4, 0.5) is 10.1 Å². The highest BCUT2D eigenvalue weighted by Crippen LogP contribution is 2.27. The third-order valence-corrected chi connectivity index (χ3v) is 4.36.